The van der Waals surface area contributed by atoms with Crippen LogP contribution < -0.4 is 4.74 Å². The van der Waals surface area contributed by atoms with Crippen LogP contribution in [-0.2, 0) is 16.0 Å². The molecule has 134 valence electrons. The van der Waals surface area contributed by atoms with Gasteiger partial charge in [0.05, 0.1) is 13.2 Å². The quantitative estimate of drug-likeness (QED) is 0.840. The predicted molar refractivity (Wildman–Crippen MR) is 88.7 cm³/mol. The smallest absolute Gasteiger partial charge is 0.163 e. The van der Waals surface area contributed by atoms with Gasteiger partial charge in [0.2, 0.25) is 0 Å². The third kappa shape index (κ3) is 3.58. The topological polar surface area (TPSA) is 71.4 Å². The summed E-state index contributed by atoms with van der Waals surface area (Å²) in [6.07, 6.45) is -0.605. The molecule has 6 nitrogen and oxygen atoms in total. The second-order valence-corrected chi connectivity index (χ2v) is 6.99. The maximum Gasteiger partial charge on any atom is 0.163 e. The van der Waals surface area contributed by atoms with Gasteiger partial charge in [-0.3, -0.25) is 4.90 Å². The lowest BCUT2D eigenvalue weighted by Crippen LogP contribution is -2.59. The Morgan fingerprint density at radius 2 is 1.88 bits per heavy atom. The lowest BCUT2D eigenvalue weighted by atomic mass is 9.91. The van der Waals surface area contributed by atoms with Crippen LogP contribution in [0.4, 0.5) is 0 Å². The van der Waals surface area contributed by atoms with Crippen molar-refractivity contribution in [2.24, 2.45) is 0 Å². The zero-order chi connectivity index (χ0) is 17.3. The highest BCUT2D eigenvalue weighted by Crippen LogP contribution is 2.38. The van der Waals surface area contributed by atoms with Crippen LogP contribution in [0.2, 0.25) is 0 Å². The van der Waals surface area contributed by atoms with E-state index in [0.29, 0.717) is 19.5 Å². The van der Waals surface area contributed by atoms with Crippen LogP contribution in [0.5, 0.6) is 5.75 Å². The van der Waals surface area contributed by atoms with Gasteiger partial charge in [-0.15, -0.1) is 0 Å². The number of nitrogens with zero attached hydrogens (tertiary/aromatic N) is 1. The van der Waals surface area contributed by atoms with Gasteiger partial charge < -0.3 is 24.4 Å². The maximum absolute atomic E-state index is 10.5. The minimum atomic E-state index is -0.708. The van der Waals surface area contributed by atoms with E-state index in [1.54, 1.807) is 7.11 Å². The van der Waals surface area contributed by atoms with Gasteiger partial charge in [-0.05, 0) is 38.0 Å². The van der Waals surface area contributed by atoms with Crippen molar-refractivity contribution in [3.8, 4) is 5.75 Å². The summed E-state index contributed by atoms with van der Waals surface area (Å²) < 4.78 is 17.1. The Balaban J connectivity index is 1.78. The fraction of sp³-hybridized carbons (Fsp3) is 0.667. The molecule has 0 spiro atoms. The summed E-state index contributed by atoms with van der Waals surface area (Å²) in [6, 6.07) is 7.90. The Morgan fingerprint density at radius 3 is 2.50 bits per heavy atom. The number of aliphatic hydroxyl groups excluding tert-OH is 2. The molecule has 0 bridgehead atoms. The fourth-order valence-corrected chi connectivity index (χ4v) is 3.73. The number of ether oxygens (including phenoxy) is 3. The number of rotatable bonds is 5. The summed E-state index contributed by atoms with van der Waals surface area (Å²) in [5.74, 6) is 0.110. The highest BCUT2D eigenvalue weighted by atomic mass is 16.8. The molecule has 2 heterocycles. The third-order valence-corrected chi connectivity index (χ3v) is 4.78. The van der Waals surface area contributed by atoms with Crippen LogP contribution in [0.15, 0.2) is 24.3 Å². The number of hydrogen-bond acceptors (Lipinski definition) is 6. The normalized spacial score (nSPS) is 32.5. The maximum atomic E-state index is 10.5. The lowest BCUT2D eigenvalue weighted by Gasteiger charge is -2.43. The van der Waals surface area contributed by atoms with Gasteiger partial charge in [-0.2, -0.15) is 0 Å². The molecule has 0 amide bonds. The first-order valence-electron chi connectivity index (χ1n) is 8.45. The van der Waals surface area contributed by atoms with Crippen molar-refractivity contribution >= 4 is 0 Å². The Labute approximate surface area is 142 Å². The second kappa shape index (κ2) is 6.98. The van der Waals surface area contributed by atoms with E-state index in [4.69, 9.17) is 14.2 Å². The lowest BCUT2D eigenvalue weighted by molar-refractivity contribution is -0.153. The van der Waals surface area contributed by atoms with Crippen molar-refractivity contribution in [3.05, 3.63) is 29.8 Å². The zero-order valence-corrected chi connectivity index (χ0v) is 14.5. The zero-order valence-electron chi connectivity index (χ0n) is 14.5. The van der Waals surface area contributed by atoms with Crippen molar-refractivity contribution in [2.75, 3.05) is 20.3 Å². The average molecular weight is 337 g/mol. The Kier molecular flexibility index (Phi) is 5.13. The summed E-state index contributed by atoms with van der Waals surface area (Å²) in [5.41, 5.74) is 1.13. The average Bonchev–Trinajstić information content (AvgIpc) is 2.88. The number of hydrogen-bond donors (Lipinski definition) is 2. The molecule has 6 heteroatoms. The number of β-amino-alcohol motifs (C(OH)–C–C–N with tert-alkyl or cyclic N) is 1. The molecule has 1 aromatic carbocycles. The Hall–Kier alpha value is -1.18. The van der Waals surface area contributed by atoms with Gasteiger partial charge in [0.15, 0.2) is 5.79 Å². The number of methoxy groups -OCH3 is 1. The monoisotopic (exact) mass is 337 g/mol. The highest BCUT2D eigenvalue weighted by Gasteiger charge is 2.52. The molecule has 2 N–H and O–H groups in total. The van der Waals surface area contributed by atoms with Gasteiger partial charge in [-0.1, -0.05) is 12.1 Å². The molecule has 0 unspecified atom stereocenters. The molecule has 2 aliphatic rings. The second-order valence-electron chi connectivity index (χ2n) is 6.99. The molecule has 0 aromatic heterocycles. The van der Waals surface area contributed by atoms with Gasteiger partial charge in [0.1, 0.15) is 18.0 Å². The minimum absolute atomic E-state index is 0.00674. The molecule has 0 saturated carbocycles. The Morgan fingerprint density at radius 1 is 1.21 bits per heavy atom. The van der Waals surface area contributed by atoms with Crippen LogP contribution in [0.1, 0.15) is 25.8 Å². The van der Waals surface area contributed by atoms with Crippen molar-refractivity contribution < 1.29 is 24.4 Å². The molecule has 3 rings (SSSR count). The van der Waals surface area contributed by atoms with E-state index in [-0.39, 0.29) is 24.9 Å². The molecule has 2 saturated heterocycles. The number of benzene rings is 1. The fourth-order valence-electron chi connectivity index (χ4n) is 3.73. The largest absolute Gasteiger partial charge is 0.497 e. The van der Waals surface area contributed by atoms with E-state index in [9.17, 15) is 10.2 Å². The van der Waals surface area contributed by atoms with E-state index in [1.807, 2.05) is 38.1 Å². The highest BCUT2D eigenvalue weighted by molar-refractivity contribution is 5.27. The van der Waals surface area contributed by atoms with E-state index in [2.05, 4.69) is 4.90 Å². The van der Waals surface area contributed by atoms with E-state index >= 15 is 0 Å². The molecule has 0 radical (unpaired) electrons. The molecule has 24 heavy (non-hydrogen) atoms. The van der Waals surface area contributed by atoms with Gasteiger partial charge in [-0.25, -0.2) is 0 Å². The summed E-state index contributed by atoms with van der Waals surface area (Å²) in [7, 11) is 1.65. The first kappa shape index (κ1) is 17.6. The van der Waals surface area contributed by atoms with Crippen molar-refractivity contribution in [1.29, 1.82) is 0 Å². The number of piperidine rings is 1. The van der Waals surface area contributed by atoms with E-state index < -0.39 is 11.9 Å². The summed E-state index contributed by atoms with van der Waals surface area (Å²) in [5, 5.41) is 20.0. The third-order valence-electron chi connectivity index (χ3n) is 4.78. The van der Waals surface area contributed by atoms with Gasteiger partial charge in [0, 0.05) is 25.7 Å². The molecular weight excluding hydrogens is 310 g/mol. The molecule has 2 fully saturated rings. The van der Waals surface area contributed by atoms with E-state index in [0.717, 1.165) is 11.3 Å². The first-order valence-corrected chi connectivity index (χ1v) is 8.45. The van der Waals surface area contributed by atoms with Crippen LogP contribution in [-0.4, -0.2) is 65.5 Å². The number of aliphatic hydroxyl groups is 2. The predicted octanol–water partition coefficient (Wildman–Crippen LogP) is 1.14. The first-order chi connectivity index (χ1) is 11.4. The van der Waals surface area contributed by atoms with Crippen LogP contribution in [0, 0.1) is 0 Å². The molecule has 0 aliphatic carbocycles. The van der Waals surface area contributed by atoms with Crippen LogP contribution in [0.3, 0.4) is 0 Å². The number of fused-ring (bicyclic) bond motifs is 1. The van der Waals surface area contributed by atoms with Gasteiger partial charge in [0.25, 0.3) is 0 Å². The standard InChI is InChI=1S/C18H27NO5/c1-18(2)23-16-14(8-9-20)19(11-15(21)17(16)24-18)10-12-4-6-13(22-3)7-5-12/h4-7,14-17,20-21H,8-11H2,1-3H3/t14-,15+,16-,17+/m0/s1. The van der Waals surface area contributed by atoms with Crippen molar-refractivity contribution in [1.82, 2.24) is 4.90 Å². The molecular formula is C18H27NO5. The van der Waals surface area contributed by atoms with Crippen LogP contribution in [0.25, 0.3) is 0 Å². The van der Waals surface area contributed by atoms with Crippen LogP contribution >= 0.6 is 0 Å². The molecule has 4 atom stereocenters. The van der Waals surface area contributed by atoms with E-state index in [1.165, 1.54) is 0 Å². The van der Waals surface area contributed by atoms with Crippen molar-refractivity contribution in [2.45, 2.75) is 57.0 Å². The minimum Gasteiger partial charge on any atom is -0.497 e. The summed E-state index contributed by atoms with van der Waals surface area (Å²) >= 11 is 0. The SMILES string of the molecule is COc1ccc(CN2C[C@@H](O)[C@H]3OC(C)(C)O[C@H]3[C@@H]2CCO)cc1. The van der Waals surface area contributed by atoms with Crippen molar-refractivity contribution in [3.63, 3.8) is 0 Å². The Bertz CT molecular complexity index is 547. The molecule has 1 aromatic rings. The number of likely N-dealkylation sites (tertiary alicyclic amines) is 1. The summed E-state index contributed by atoms with van der Waals surface area (Å²) in [6.45, 7) is 4.98. The summed E-state index contributed by atoms with van der Waals surface area (Å²) in [4.78, 5) is 2.18. The van der Waals surface area contributed by atoms with Gasteiger partial charge >= 0.3 is 0 Å². The molecule has 2 aliphatic heterocycles.